The predicted octanol–water partition coefficient (Wildman–Crippen LogP) is 2.44. The number of anilines is 1. The fraction of sp³-hybridized carbons (Fsp3) is 0.600. The number of carbonyl (C=O) groups is 1. The molecule has 0 saturated carbocycles. The molecule has 1 heterocycles. The molecule has 0 aliphatic heterocycles. The van der Waals surface area contributed by atoms with Gasteiger partial charge in [0.15, 0.2) is 11.6 Å². The molecule has 0 bridgehead atoms. The summed E-state index contributed by atoms with van der Waals surface area (Å²) in [5.74, 6) is 1.53. The van der Waals surface area contributed by atoms with Gasteiger partial charge in [0.25, 0.3) is 0 Å². The SMILES string of the molecule is CN(C)c1ncccc1OCCCNC(=O)OC(C)(C)C. The summed E-state index contributed by atoms with van der Waals surface area (Å²) in [6.45, 7) is 6.51. The third kappa shape index (κ3) is 6.83. The minimum absolute atomic E-state index is 0.405. The van der Waals surface area contributed by atoms with Gasteiger partial charge in [0, 0.05) is 26.8 Å². The second-order valence-electron chi connectivity index (χ2n) is 5.85. The van der Waals surface area contributed by atoms with E-state index in [0.29, 0.717) is 19.6 Å². The van der Waals surface area contributed by atoms with Gasteiger partial charge in [-0.05, 0) is 39.3 Å². The molecule has 1 rings (SSSR count). The Morgan fingerprint density at radius 2 is 2.10 bits per heavy atom. The molecular formula is C15H25N3O3. The molecule has 0 aromatic carbocycles. The van der Waals surface area contributed by atoms with Gasteiger partial charge in [0.05, 0.1) is 6.61 Å². The van der Waals surface area contributed by atoms with Crippen LogP contribution in [0.3, 0.4) is 0 Å². The van der Waals surface area contributed by atoms with E-state index < -0.39 is 11.7 Å². The number of hydrogen-bond acceptors (Lipinski definition) is 5. The fourth-order valence-corrected chi connectivity index (χ4v) is 1.59. The lowest BCUT2D eigenvalue weighted by Crippen LogP contribution is -2.33. The summed E-state index contributed by atoms with van der Waals surface area (Å²) in [4.78, 5) is 17.6. The van der Waals surface area contributed by atoms with Crippen LogP contribution in [0.4, 0.5) is 10.6 Å². The molecular weight excluding hydrogens is 270 g/mol. The average Bonchev–Trinajstić information content (AvgIpc) is 2.36. The number of alkyl carbamates (subject to hydrolysis) is 1. The van der Waals surface area contributed by atoms with E-state index in [-0.39, 0.29) is 0 Å². The molecule has 6 heteroatoms. The van der Waals surface area contributed by atoms with Crippen LogP contribution in [0.1, 0.15) is 27.2 Å². The van der Waals surface area contributed by atoms with E-state index in [2.05, 4.69) is 10.3 Å². The van der Waals surface area contributed by atoms with Gasteiger partial charge in [-0.2, -0.15) is 0 Å². The molecule has 6 nitrogen and oxygen atoms in total. The Morgan fingerprint density at radius 3 is 2.71 bits per heavy atom. The molecule has 1 amide bonds. The van der Waals surface area contributed by atoms with Gasteiger partial charge in [0.1, 0.15) is 5.60 Å². The number of amides is 1. The van der Waals surface area contributed by atoms with Crippen molar-refractivity contribution in [2.45, 2.75) is 32.8 Å². The van der Waals surface area contributed by atoms with Gasteiger partial charge in [-0.3, -0.25) is 0 Å². The van der Waals surface area contributed by atoms with E-state index in [9.17, 15) is 4.79 Å². The molecule has 0 saturated heterocycles. The maximum atomic E-state index is 11.4. The largest absolute Gasteiger partial charge is 0.490 e. The number of nitrogens with one attached hydrogen (secondary N) is 1. The number of hydrogen-bond donors (Lipinski definition) is 1. The van der Waals surface area contributed by atoms with Crippen LogP contribution in [-0.2, 0) is 4.74 Å². The summed E-state index contributed by atoms with van der Waals surface area (Å²) < 4.78 is 10.8. The Bertz CT molecular complexity index is 456. The zero-order valence-electron chi connectivity index (χ0n) is 13.5. The number of pyridine rings is 1. The van der Waals surface area contributed by atoms with Crippen molar-refractivity contribution in [1.29, 1.82) is 0 Å². The number of nitrogens with zero attached hydrogens (tertiary/aromatic N) is 2. The van der Waals surface area contributed by atoms with Gasteiger partial charge >= 0.3 is 6.09 Å². The van der Waals surface area contributed by atoms with Crippen molar-refractivity contribution in [2.24, 2.45) is 0 Å². The van der Waals surface area contributed by atoms with Crippen molar-refractivity contribution in [3.8, 4) is 5.75 Å². The zero-order chi connectivity index (χ0) is 15.9. The molecule has 0 fully saturated rings. The molecule has 0 radical (unpaired) electrons. The third-order valence-electron chi connectivity index (χ3n) is 2.42. The highest BCUT2D eigenvalue weighted by atomic mass is 16.6. The van der Waals surface area contributed by atoms with E-state index in [4.69, 9.17) is 9.47 Å². The number of aromatic nitrogens is 1. The van der Waals surface area contributed by atoms with Gasteiger partial charge < -0.3 is 19.7 Å². The highest BCUT2D eigenvalue weighted by Gasteiger charge is 2.15. The van der Waals surface area contributed by atoms with E-state index in [1.54, 1.807) is 6.20 Å². The van der Waals surface area contributed by atoms with Gasteiger partial charge in [0.2, 0.25) is 0 Å². The topological polar surface area (TPSA) is 63.7 Å². The summed E-state index contributed by atoms with van der Waals surface area (Å²) in [6.07, 6.45) is 2.02. The second kappa shape index (κ2) is 7.71. The predicted molar refractivity (Wildman–Crippen MR) is 82.9 cm³/mol. The lowest BCUT2D eigenvalue weighted by Gasteiger charge is -2.19. The highest BCUT2D eigenvalue weighted by molar-refractivity contribution is 5.67. The van der Waals surface area contributed by atoms with Crippen LogP contribution in [0.2, 0.25) is 0 Å². The number of ether oxygens (including phenoxy) is 2. The van der Waals surface area contributed by atoms with Crippen LogP contribution in [-0.4, -0.2) is 43.9 Å². The molecule has 1 N–H and O–H groups in total. The molecule has 0 spiro atoms. The normalized spacial score (nSPS) is 10.9. The fourth-order valence-electron chi connectivity index (χ4n) is 1.59. The summed E-state index contributed by atoms with van der Waals surface area (Å²) >= 11 is 0. The van der Waals surface area contributed by atoms with Crippen LogP contribution in [0.5, 0.6) is 5.75 Å². The first-order valence-electron chi connectivity index (χ1n) is 7.01. The smallest absolute Gasteiger partial charge is 0.407 e. The van der Waals surface area contributed by atoms with Crippen LogP contribution < -0.4 is 15.0 Å². The summed E-state index contributed by atoms with van der Waals surface area (Å²) in [5, 5.41) is 2.70. The van der Waals surface area contributed by atoms with Crippen LogP contribution in [0, 0.1) is 0 Å². The maximum Gasteiger partial charge on any atom is 0.407 e. The molecule has 1 aromatic rings. The van der Waals surface area contributed by atoms with Gasteiger partial charge in [-0.1, -0.05) is 0 Å². The van der Waals surface area contributed by atoms with Crippen LogP contribution in [0.15, 0.2) is 18.3 Å². The Kier molecular flexibility index (Phi) is 6.27. The minimum atomic E-state index is -0.475. The van der Waals surface area contributed by atoms with E-state index in [0.717, 1.165) is 11.6 Å². The molecule has 0 aliphatic rings. The Labute approximate surface area is 126 Å². The van der Waals surface area contributed by atoms with E-state index >= 15 is 0 Å². The van der Waals surface area contributed by atoms with Crippen LogP contribution >= 0.6 is 0 Å². The molecule has 0 aliphatic carbocycles. The van der Waals surface area contributed by atoms with Crippen molar-refractivity contribution < 1.29 is 14.3 Å². The minimum Gasteiger partial charge on any atom is -0.490 e. The first kappa shape index (κ1) is 17.1. The van der Waals surface area contributed by atoms with Gasteiger partial charge in [-0.15, -0.1) is 0 Å². The molecule has 0 unspecified atom stereocenters. The van der Waals surface area contributed by atoms with Crippen LogP contribution in [0.25, 0.3) is 0 Å². The third-order valence-corrected chi connectivity index (χ3v) is 2.42. The van der Waals surface area contributed by atoms with E-state index in [1.165, 1.54) is 0 Å². The summed E-state index contributed by atoms with van der Waals surface area (Å²) in [7, 11) is 3.83. The van der Waals surface area contributed by atoms with Gasteiger partial charge in [-0.25, -0.2) is 9.78 Å². The van der Waals surface area contributed by atoms with Crippen molar-refractivity contribution in [3.05, 3.63) is 18.3 Å². The van der Waals surface area contributed by atoms with Crippen molar-refractivity contribution in [2.75, 3.05) is 32.1 Å². The summed E-state index contributed by atoms with van der Waals surface area (Å²) in [5.41, 5.74) is -0.475. The standard InChI is InChI=1S/C15H25N3O3/c1-15(2,3)21-14(19)17-10-7-11-20-12-8-6-9-16-13(12)18(4)5/h6,8-9H,7,10-11H2,1-5H3,(H,17,19). The van der Waals surface area contributed by atoms with Crippen molar-refractivity contribution in [3.63, 3.8) is 0 Å². The number of rotatable bonds is 6. The highest BCUT2D eigenvalue weighted by Crippen LogP contribution is 2.22. The Balaban J connectivity index is 2.28. The average molecular weight is 295 g/mol. The molecule has 118 valence electrons. The quantitative estimate of drug-likeness (QED) is 0.817. The Morgan fingerprint density at radius 1 is 1.38 bits per heavy atom. The molecule has 21 heavy (non-hydrogen) atoms. The van der Waals surface area contributed by atoms with E-state index in [1.807, 2.05) is 51.9 Å². The lowest BCUT2D eigenvalue weighted by atomic mass is 10.2. The number of carbonyl (C=O) groups excluding carboxylic acids is 1. The first-order chi connectivity index (χ1) is 9.79. The molecule has 0 atom stereocenters. The monoisotopic (exact) mass is 295 g/mol. The molecule has 1 aromatic heterocycles. The van der Waals surface area contributed by atoms with Crippen molar-refractivity contribution in [1.82, 2.24) is 10.3 Å². The Hall–Kier alpha value is -1.98. The lowest BCUT2D eigenvalue weighted by molar-refractivity contribution is 0.0525. The summed E-state index contributed by atoms with van der Waals surface area (Å²) in [6, 6.07) is 3.71. The van der Waals surface area contributed by atoms with Crippen molar-refractivity contribution >= 4 is 11.9 Å². The zero-order valence-corrected chi connectivity index (χ0v) is 13.5. The first-order valence-corrected chi connectivity index (χ1v) is 7.01. The maximum absolute atomic E-state index is 11.4. The second-order valence-corrected chi connectivity index (χ2v) is 5.85.